The number of aromatic nitrogens is 1. The van der Waals surface area contributed by atoms with Crippen molar-refractivity contribution >= 4 is 29.1 Å². The number of rotatable bonds is 5. The Morgan fingerprint density at radius 3 is 2.59 bits per heavy atom. The van der Waals surface area contributed by atoms with Crippen molar-refractivity contribution in [2.24, 2.45) is 0 Å². The first-order chi connectivity index (χ1) is 10.4. The van der Waals surface area contributed by atoms with Crippen molar-refractivity contribution in [3.05, 3.63) is 51.2 Å². The summed E-state index contributed by atoms with van der Waals surface area (Å²) in [7, 11) is 0. The lowest BCUT2D eigenvalue weighted by atomic mass is 10.2. The van der Waals surface area contributed by atoms with Gasteiger partial charge in [0.1, 0.15) is 0 Å². The maximum absolute atomic E-state index is 12.5. The van der Waals surface area contributed by atoms with E-state index in [1.807, 2.05) is 0 Å². The van der Waals surface area contributed by atoms with E-state index in [0.717, 1.165) is 5.56 Å². The predicted octanol–water partition coefficient (Wildman–Crippen LogP) is 3.23. The van der Waals surface area contributed by atoms with Gasteiger partial charge in [-0.25, -0.2) is 4.98 Å². The second-order valence-electron chi connectivity index (χ2n) is 4.85. The maximum atomic E-state index is 12.5. The van der Waals surface area contributed by atoms with Crippen LogP contribution in [0.5, 0.6) is 0 Å². The summed E-state index contributed by atoms with van der Waals surface area (Å²) in [5.41, 5.74) is 1.34. The fraction of sp³-hybridized carbons (Fsp3) is 0.333. The molecular weight excluding hydrogens is 327 g/mol. The van der Waals surface area contributed by atoms with Gasteiger partial charge in [0.15, 0.2) is 5.89 Å². The van der Waals surface area contributed by atoms with Crippen LogP contribution < -0.4 is 0 Å². The maximum Gasteiger partial charge on any atom is 0.291 e. The third-order valence-electron chi connectivity index (χ3n) is 3.11. The van der Waals surface area contributed by atoms with Crippen LogP contribution in [0, 0.1) is 13.8 Å². The summed E-state index contributed by atoms with van der Waals surface area (Å²) in [6, 6.07) is 5.15. The number of amides is 1. The molecule has 0 fully saturated rings. The molecule has 0 aliphatic heterocycles. The van der Waals surface area contributed by atoms with E-state index < -0.39 is 0 Å². The lowest BCUT2D eigenvalue weighted by Crippen LogP contribution is -2.33. The van der Waals surface area contributed by atoms with Crippen LogP contribution >= 0.6 is 23.2 Å². The fourth-order valence-corrected chi connectivity index (χ4v) is 2.43. The molecule has 0 spiro atoms. The number of oxazole rings is 1. The van der Waals surface area contributed by atoms with E-state index in [4.69, 9.17) is 27.6 Å². The van der Waals surface area contributed by atoms with E-state index in [9.17, 15) is 9.90 Å². The minimum absolute atomic E-state index is 0.154. The Balaban J connectivity index is 2.23. The summed E-state index contributed by atoms with van der Waals surface area (Å²) < 4.78 is 5.35. The summed E-state index contributed by atoms with van der Waals surface area (Å²) in [5.74, 6) is 0.295. The van der Waals surface area contributed by atoms with Crippen molar-refractivity contribution in [1.29, 1.82) is 0 Å². The van der Waals surface area contributed by atoms with Crippen LogP contribution in [0.3, 0.4) is 0 Å². The van der Waals surface area contributed by atoms with Crippen molar-refractivity contribution < 1.29 is 14.3 Å². The third kappa shape index (κ3) is 3.80. The zero-order valence-electron chi connectivity index (χ0n) is 12.3. The van der Waals surface area contributed by atoms with Gasteiger partial charge in [-0.1, -0.05) is 29.3 Å². The van der Waals surface area contributed by atoms with Gasteiger partial charge in [0.2, 0.25) is 5.76 Å². The molecule has 1 aromatic heterocycles. The Morgan fingerprint density at radius 2 is 2.05 bits per heavy atom. The Bertz CT molecular complexity index is 685. The molecule has 1 aromatic carbocycles. The highest BCUT2D eigenvalue weighted by Gasteiger charge is 2.22. The molecule has 1 heterocycles. The van der Waals surface area contributed by atoms with Crippen LogP contribution in [0.2, 0.25) is 10.0 Å². The van der Waals surface area contributed by atoms with Crippen molar-refractivity contribution in [3.8, 4) is 0 Å². The molecule has 0 aliphatic rings. The molecule has 1 amide bonds. The first-order valence-electron chi connectivity index (χ1n) is 6.70. The first-order valence-corrected chi connectivity index (χ1v) is 7.46. The van der Waals surface area contributed by atoms with Crippen molar-refractivity contribution in [3.63, 3.8) is 0 Å². The quantitative estimate of drug-likeness (QED) is 0.905. The largest absolute Gasteiger partial charge is 0.436 e. The monoisotopic (exact) mass is 342 g/mol. The van der Waals surface area contributed by atoms with Gasteiger partial charge in [0.05, 0.1) is 22.3 Å². The molecule has 0 unspecified atom stereocenters. The van der Waals surface area contributed by atoms with Crippen LogP contribution in [0.1, 0.15) is 27.7 Å². The average Bonchev–Trinajstić information content (AvgIpc) is 2.80. The van der Waals surface area contributed by atoms with Crippen LogP contribution in [0.25, 0.3) is 0 Å². The molecule has 0 saturated heterocycles. The second-order valence-corrected chi connectivity index (χ2v) is 5.66. The number of carbonyl (C=O) groups is 1. The minimum Gasteiger partial charge on any atom is -0.436 e. The van der Waals surface area contributed by atoms with Crippen molar-refractivity contribution in [1.82, 2.24) is 9.88 Å². The third-order valence-corrected chi connectivity index (χ3v) is 3.85. The molecule has 22 heavy (non-hydrogen) atoms. The standard InChI is InChI=1S/C15H16Cl2N2O3/c1-9-14(22-10(2)18-9)15(21)19(5-6-20)8-11-3-4-12(16)13(17)7-11/h3-4,7,20H,5-6,8H2,1-2H3. The molecule has 2 aromatic rings. The number of aliphatic hydroxyl groups is 1. The van der Waals surface area contributed by atoms with Crippen LogP contribution in [0.15, 0.2) is 22.6 Å². The fourth-order valence-electron chi connectivity index (χ4n) is 2.10. The molecular formula is C15H16Cl2N2O3. The number of halogens is 2. The van der Waals surface area contributed by atoms with E-state index in [1.54, 1.807) is 32.0 Å². The minimum atomic E-state index is -0.321. The average molecular weight is 343 g/mol. The predicted molar refractivity (Wildman–Crippen MR) is 84.3 cm³/mol. The molecule has 118 valence electrons. The topological polar surface area (TPSA) is 66.6 Å². The number of carbonyl (C=O) groups excluding carboxylic acids is 1. The zero-order chi connectivity index (χ0) is 16.3. The number of nitrogens with zero attached hydrogens (tertiary/aromatic N) is 2. The van der Waals surface area contributed by atoms with E-state index in [-0.39, 0.29) is 31.4 Å². The smallest absolute Gasteiger partial charge is 0.291 e. The molecule has 2 rings (SSSR count). The molecule has 0 radical (unpaired) electrons. The highest BCUT2D eigenvalue weighted by Crippen LogP contribution is 2.24. The van der Waals surface area contributed by atoms with E-state index >= 15 is 0 Å². The van der Waals surface area contributed by atoms with Gasteiger partial charge in [-0.3, -0.25) is 4.79 Å². The molecule has 5 nitrogen and oxygen atoms in total. The van der Waals surface area contributed by atoms with Crippen LogP contribution in [0.4, 0.5) is 0 Å². The van der Waals surface area contributed by atoms with E-state index in [0.29, 0.717) is 21.6 Å². The summed E-state index contributed by atoms with van der Waals surface area (Å²) in [6.45, 7) is 3.70. The highest BCUT2D eigenvalue weighted by atomic mass is 35.5. The molecule has 0 aliphatic carbocycles. The number of aryl methyl sites for hydroxylation is 2. The summed E-state index contributed by atoms with van der Waals surface area (Å²) in [4.78, 5) is 18.1. The molecule has 0 saturated carbocycles. The van der Waals surface area contributed by atoms with Gasteiger partial charge in [-0.05, 0) is 24.6 Å². The lowest BCUT2D eigenvalue weighted by molar-refractivity contribution is 0.0673. The van der Waals surface area contributed by atoms with E-state index in [1.165, 1.54) is 4.90 Å². The Kier molecular flexibility index (Phi) is 5.45. The number of aliphatic hydroxyl groups excluding tert-OH is 1. The second kappa shape index (κ2) is 7.13. The highest BCUT2D eigenvalue weighted by molar-refractivity contribution is 6.42. The lowest BCUT2D eigenvalue weighted by Gasteiger charge is -2.21. The number of hydrogen-bond donors (Lipinski definition) is 1. The SMILES string of the molecule is Cc1nc(C)c(C(=O)N(CCO)Cc2ccc(Cl)c(Cl)c2)o1. The Labute approximate surface area is 138 Å². The number of hydrogen-bond acceptors (Lipinski definition) is 4. The van der Waals surface area contributed by atoms with Crippen molar-refractivity contribution in [2.75, 3.05) is 13.2 Å². The van der Waals surface area contributed by atoms with Gasteiger partial charge in [-0.2, -0.15) is 0 Å². The number of benzene rings is 1. The van der Waals surface area contributed by atoms with Gasteiger partial charge in [-0.15, -0.1) is 0 Å². The van der Waals surface area contributed by atoms with Gasteiger partial charge >= 0.3 is 0 Å². The van der Waals surface area contributed by atoms with Gasteiger partial charge in [0.25, 0.3) is 5.91 Å². The summed E-state index contributed by atoms with van der Waals surface area (Å²) in [6.07, 6.45) is 0. The van der Waals surface area contributed by atoms with Gasteiger partial charge < -0.3 is 14.4 Å². The van der Waals surface area contributed by atoms with Crippen LogP contribution in [-0.4, -0.2) is 34.0 Å². The summed E-state index contributed by atoms with van der Waals surface area (Å²) >= 11 is 11.9. The molecule has 0 bridgehead atoms. The van der Waals surface area contributed by atoms with Gasteiger partial charge in [0, 0.05) is 20.0 Å². The first kappa shape index (κ1) is 16.8. The zero-order valence-corrected chi connectivity index (χ0v) is 13.8. The summed E-state index contributed by atoms with van der Waals surface area (Å²) in [5, 5.41) is 10.1. The van der Waals surface area contributed by atoms with E-state index in [2.05, 4.69) is 4.98 Å². The van der Waals surface area contributed by atoms with Crippen molar-refractivity contribution in [2.45, 2.75) is 20.4 Å². The molecule has 1 N–H and O–H groups in total. The Hall–Kier alpha value is -1.56. The normalized spacial score (nSPS) is 10.8. The van der Waals surface area contributed by atoms with Crippen LogP contribution in [-0.2, 0) is 6.54 Å². The molecule has 7 heteroatoms. The Morgan fingerprint density at radius 1 is 1.32 bits per heavy atom. The molecule has 0 atom stereocenters.